The van der Waals surface area contributed by atoms with Crippen molar-refractivity contribution in [2.75, 3.05) is 29.5 Å². The lowest BCUT2D eigenvalue weighted by molar-refractivity contribution is 0.287. The molecule has 0 bridgehead atoms. The molecular weight excluding hydrogens is 382 g/mol. The second-order valence-electron chi connectivity index (χ2n) is 6.40. The van der Waals surface area contributed by atoms with Crippen LogP contribution in [-0.4, -0.2) is 39.5 Å². The number of hydrogen-bond donors (Lipinski definition) is 2. The van der Waals surface area contributed by atoms with Crippen molar-refractivity contribution >= 4 is 38.7 Å². The fourth-order valence-corrected chi connectivity index (χ4v) is 3.07. The summed E-state index contributed by atoms with van der Waals surface area (Å²) in [6.07, 6.45) is 1.16. The Bertz CT molecular complexity index is 883. The van der Waals surface area contributed by atoms with Crippen molar-refractivity contribution in [1.29, 1.82) is 0 Å². The Morgan fingerprint density at radius 3 is 2.52 bits per heavy atom. The molecule has 2 aromatic rings. The zero-order chi connectivity index (χ0) is 20.0. The number of nitrogens with zero attached hydrogens (tertiary/aromatic N) is 1. The van der Waals surface area contributed by atoms with Crippen LogP contribution in [0.2, 0.25) is 0 Å². The molecule has 0 aliphatic heterocycles. The number of aryl methyl sites for hydroxylation is 1. The minimum atomic E-state index is -3.32. The molecule has 8 heteroatoms. The molecule has 146 valence electrons. The van der Waals surface area contributed by atoms with E-state index in [1.807, 2.05) is 44.2 Å². The van der Waals surface area contributed by atoms with Crippen LogP contribution in [0.1, 0.15) is 12.5 Å². The van der Waals surface area contributed by atoms with Crippen molar-refractivity contribution in [1.82, 2.24) is 5.32 Å². The van der Waals surface area contributed by atoms with E-state index in [4.69, 9.17) is 17.0 Å². The zero-order valence-electron chi connectivity index (χ0n) is 15.9. The van der Waals surface area contributed by atoms with Crippen molar-refractivity contribution in [3.8, 4) is 5.75 Å². The van der Waals surface area contributed by atoms with Gasteiger partial charge in [0.05, 0.1) is 18.0 Å². The summed E-state index contributed by atoms with van der Waals surface area (Å²) in [5.74, 6) is 0.810. The maximum atomic E-state index is 11.7. The molecule has 0 amide bonds. The van der Waals surface area contributed by atoms with Crippen LogP contribution < -0.4 is 19.7 Å². The monoisotopic (exact) mass is 407 g/mol. The van der Waals surface area contributed by atoms with Crippen LogP contribution in [0.5, 0.6) is 5.75 Å². The zero-order valence-corrected chi connectivity index (χ0v) is 17.5. The Kier molecular flexibility index (Phi) is 7.04. The Hall–Kier alpha value is -2.32. The minimum absolute atomic E-state index is 0.00632. The quantitative estimate of drug-likeness (QED) is 0.687. The van der Waals surface area contributed by atoms with E-state index in [0.29, 0.717) is 23.1 Å². The van der Waals surface area contributed by atoms with E-state index < -0.39 is 10.0 Å². The van der Waals surface area contributed by atoms with Crippen LogP contribution in [0.4, 0.5) is 11.4 Å². The Morgan fingerprint density at radius 1 is 1.22 bits per heavy atom. The fourth-order valence-electron chi connectivity index (χ4n) is 2.26. The first-order valence-electron chi connectivity index (χ1n) is 8.46. The van der Waals surface area contributed by atoms with Gasteiger partial charge in [-0.05, 0) is 56.4 Å². The van der Waals surface area contributed by atoms with Crippen molar-refractivity contribution in [2.24, 2.45) is 0 Å². The van der Waals surface area contributed by atoms with Gasteiger partial charge in [-0.2, -0.15) is 0 Å². The first-order valence-corrected chi connectivity index (χ1v) is 10.7. The summed E-state index contributed by atoms with van der Waals surface area (Å²) in [6.45, 7) is 4.46. The molecule has 0 saturated carbocycles. The summed E-state index contributed by atoms with van der Waals surface area (Å²) in [6, 6.07) is 14.9. The van der Waals surface area contributed by atoms with Gasteiger partial charge in [0.25, 0.3) is 0 Å². The molecule has 0 aliphatic rings. The highest BCUT2D eigenvalue weighted by Crippen LogP contribution is 2.20. The molecule has 0 radical (unpaired) electrons. The van der Waals surface area contributed by atoms with E-state index in [0.717, 1.165) is 12.0 Å². The smallest absolute Gasteiger partial charge is 0.231 e. The Labute approximate surface area is 166 Å². The highest BCUT2D eigenvalue weighted by molar-refractivity contribution is 7.92. The van der Waals surface area contributed by atoms with Gasteiger partial charge < -0.3 is 15.4 Å². The van der Waals surface area contributed by atoms with Gasteiger partial charge in [0.15, 0.2) is 5.11 Å². The van der Waals surface area contributed by atoms with Crippen LogP contribution in [0.3, 0.4) is 0 Å². The molecule has 2 aromatic carbocycles. The highest BCUT2D eigenvalue weighted by atomic mass is 32.2. The summed E-state index contributed by atoms with van der Waals surface area (Å²) in [7, 11) is -1.81. The number of benzene rings is 2. The molecule has 0 fully saturated rings. The molecule has 2 N–H and O–H groups in total. The molecule has 0 unspecified atom stereocenters. The lowest BCUT2D eigenvalue weighted by Gasteiger charge is -2.20. The average Bonchev–Trinajstić information content (AvgIpc) is 2.60. The molecule has 27 heavy (non-hydrogen) atoms. The molecule has 0 spiro atoms. The number of rotatable bonds is 7. The molecule has 0 saturated heterocycles. The Balaban J connectivity index is 1.88. The lowest BCUT2D eigenvalue weighted by atomic mass is 10.2. The molecular formula is C19H25N3O3S2. The summed E-state index contributed by atoms with van der Waals surface area (Å²) < 4.78 is 30.3. The normalized spacial score (nSPS) is 12.1. The van der Waals surface area contributed by atoms with Crippen LogP contribution in [0.15, 0.2) is 48.5 Å². The average molecular weight is 408 g/mol. The first kappa shape index (κ1) is 21.0. The van der Waals surface area contributed by atoms with Gasteiger partial charge in [0, 0.05) is 12.7 Å². The third-order valence-electron chi connectivity index (χ3n) is 3.86. The lowest BCUT2D eigenvalue weighted by Crippen LogP contribution is -2.39. The number of anilines is 2. The van der Waals surface area contributed by atoms with E-state index in [1.165, 1.54) is 16.9 Å². The molecule has 0 aliphatic carbocycles. The van der Waals surface area contributed by atoms with Gasteiger partial charge in [0.1, 0.15) is 12.4 Å². The van der Waals surface area contributed by atoms with Gasteiger partial charge in [0.2, 0.25) is 10.0 Å². The van der Waals surface area contributed by atoms with E-state index in [2.05, 4.69) is 10.6 Å². The summed E-state index contributed by atoms with van der Waals surface area (Å²) >= 11 is 5.33. The summed E-state index contributed by atoms with van der Waals surface area (Å²) in [4.78, 5) is 0. The van der Waals surface area contributed by atoms with Crippen LogP contribution in [-0.2, 0) is 10.0 Å². The summed E-state index contributed by atoms with van der Waals surface area (Å²) in [5.41, 5.74) is 2.44. The maximum Gasteiger partial charge on any atom is 0.231 e. The predicted octanol–water partition coefficient (Wildman–Crippen LogP) is 3.14. The standard InChI is InChI=1S/C19H25N3O3S2/c1-14-8-10-18(11-9-14)25-13-15(2)20-19(26)21-16-6-5-7-17(12-16)22(3)27(4,23)24/h5-12,15H,13H2,1-4H3,(H2,20,21,26)/t15-/m1/s1. The van der Waals surface area contributed by atoms with E-state index in [1.54, 1.807) is 18.2 Å². The largest absolute Gasteiger partial charge is 0.491 e. The fraction of sp³-hybridized carbons (Fsp3) is 0.316. The number of sulfonamides is 1. The molecule has 0 heterocycles. The maximum absolute atomic E-state index is 11.7. The number of hydrogen-bond acceptors (Lipinski definition) is 4. The summed E-state index contributed by atoms with van der Waals surface area (Å²) in [5, 5.41) is 6.66. The minimum Gasteiger partial charge on any atom is -0.491 e. The molecule has 1 atom stereocenters. The molecule has 0 aromatic heterocycles. The topological polar surface area (TPSA) is 70.7 Å². The van der Waals surface area contributed by atoms with Gasteiger partial charge >= 0.3 is 0 Å². The SMILES string of the molecule is Cc1ccc(OC[C@@H](C)NC(=S)Nc2cccc(N(C)S(C)(=O)=O)c2)cc1. The van der Waals surface area contributed by atoms with Crippen LogP contribution in [0, 0.1) is 6.92 Å². The van der Waals surface area contributed by atoms with Crippen LogP contribution >= 0.6 is 12.2 Å². The van der Waals surface area contributed by atoms with E-state index in [9.17, 15) is 8.42 Å². The second kappa shape index (κ2) is 9.05. The van der Waals surface area contributed by atoms with Gasteiger partial charge in [-0.15, -0.1) is 0 Å². The molecule has 6 nitrogen and oxygen atoms in total. The Morgan fingerprint density at radius 2 is 1.89 bits per heavy atom. The van der Waals surface area contributed by atoms with Gasteiger partial charge in [-0.1, -0.05) is 23.8 Å². The number of nitrogens with one attached hydrogen (secondary N) is 2. The third kappa shape index (κ3) is 6.73. The van der Waals surface area contributed by atoms with Crippen molar-refractivity contribution in [3.63, 3.8) is 0 Å². The van der Waals surface area contributed by atoms with E-state index >= 15 is 0 Å². The number of thiocarbonyl (C=S) groups is 1. The van der Waals surface area contributed by atoms with Gasteiger partial charge in [-0.25, -0.2) is 8.42 Å². The number of ether oxygens (including phenoxy) is 1. The van der Waals surface area contributed by atoms with E-state index in [-0.39, 0.29) is 6.04 Å². The van der Waals surface area contributed by atoms with Crippen molar-refractivity contribution in [2.45, 2.75) is 19.9 Å². The van der Waals surface area contributed by atoms with Crippen LogP contribution in [0.25, 0.3) is 0 Å². The first-order chi connectivity index (χ1) is 12.6. The van der Waals surface area contributed by atoms with Gasteiger partial charge in [-0.3, -0.25) is 4.31 Å². The highest BCUT2D eigenvalue weighted by Gasteiger charge is 2.12. The molecule has 2 rings (SSSR count). The predicted molar refractivity (Wildman–Crippen MR) is 115 cm³/mol. The second-order valence-corrected chi connectivity index (χ2v) is 8.83. The third-order valence-corrected chi connectivity index (χ3v) is 5.29. The van der Waals surface area contributed by atoms with Crippen molar-refractivity contribution in [3.05, 3.63) is 54.1 Å². The van der Waals surface area contributed by atoms with Crippen molar-refractivity contribution < 1.29 is 13.2 Å².